The van der Waals surface area contributed by atoms with Crippen LogP contribution in [0.3, 0.4) is 0 Å². The molecule has 0 amide bonds. The van der Waals surface area contributed by atoms with Crippen LogP contribution in [0.2, 0.25) is 0 Å². The van der Waals surface area contributed by atoms with Gasteiger partial charge in [-0.05, 0) is 12.3 Å². The maximum Gasteiger partial charge on any atom is 0.320 e. The quantitative estimate of drug-likeness (QED) is 0.608. The van der Waals surface area contributed by atoms with Crippen molar-refractivity contribution in [2.24, 2.45) is 5.92 Å². The predicted molar refractivity (Wildman–Crippen MR) is 61.0 cm³/mol. The predicted octanol–water partition coefficient (Wildman–Crippen LogP) is 0.626. The Bertz CT molecular complexity index is 225. The first-order valence-electron chi connectivity index (χ1n) is 5.17. The third kappa shape index (κ3) is 3.74. The van der Waals surface area contributed by atoms with Crippen LogP contribution in [0.4, 0.5) is 0 Å². The van der Waals surface area contributed by atoms with Gasteiger partial charge in [0.15, 0.2) is 0 Å². The van der Waals surface area contributed by atoms with Gasteiger partial charge < -0.3 is 14.7 Å². The van der Waals surface area contributed by atoms with Crippen LogP contribution in [0.15, 0.2) is 0 Å². The molecule has 1 saturated heterocycles. The number of esters is 1. The molecule has 15 heavy (non-hydrogen) atoms. The molecule has 1 aliphatic heterocycles. The van der Waals surface area contributed by atoms with Gasteiger partial charge in [-0.3, -0.25) is 4.79 Å². The lowest BCUT2D eigenvalue weighted by molar-refractivity contribution is -0.140. The van der Waals surface area contributed by atoms with Crippen molar-refractivity contribution in [2.45, 2.75) is 24.3 Å². The third-order valence-corrected chi connectivity index (χ3v) is 3.48. The van der Waals surface area contributed by atoms with Crippen LogP contribution in [0.5, 0.6) is 0 Å². The van der Waals surface area contributed by atoms with Gasteiger partial charge in [-0.25, -0.2) is 0 Å². The van der Waals surface area contributed by atoms with Gasteiger partial charge in [-0.1, -0.05) is 22.9 Å². The van der Waals surface area contributed by atoms with E-state index < -0.39 is 0 Å². The molecule has 3 unspecified atom stereocenters. The Labute approximate surface area is 98.7 Å². The summed E-state index contributed by atoms with van der Waals surface area (Å²) in [6.07, 6.45) is 0.579. The van der Waals surface area contributed by atoms with E-state index in [1.807, 2.05) is 6.92 Å². The fraction of sp³-hybridized carbons (Fsp3) is 0.900. The highest BCUT2D eigenvalue weighted by molar-refractivity contribution is 9.10. The summed E-state index contributed by atoms with van der Waals surface area (Å²) >= 11 is 3.30. The third-order valence-electron chi connectivity index (χ3n) is 2.82. The molecule has 0 radical (unpaired) electrons. The molecule has 0 aromatic heterocycles. The molecule has 5 heteroatoms. The van der Waals surface area contributed by atoms with Gasteiger partial charge in [-0.15, -0.1) is 0 Å². The number of hydrogen-bond donors (Lipinski definition) is 1. The van der Waals surface area contributed by atoms with Crippen LogP contribution in [-0.4, -0.2) is 53.7 Å². The summed E-state index contributed by atoms with van der Waals surface area (Å²) in [6.45, 7) is 4.34. The molecule has 3 atom stereocenters. The first kappa shape index (κ1) is 12.9. The fourth-order valence-electron chi connectivity index (χ4n) is 1.81. The Morgan fingerprint density at radius 3 is 2.93 bits per heavy atom. The summed E-state index contributed by atoms with van der Waals surface area (Å²) in [7, 11) is 1.39. The molecule has 0 bridgehead atoms. The van der Waals surface area contributed by atoms with Crippen LogP contribution in [-0.2, 0) is 9.53 Å². The Balaban J connectivity index is 2.36. The summed E-state index contributed by atoms with van der Waals surface area (Å²) in [4.78, 5) is 13.1. The second-order valence-corrected chi connectivity index (χ2v) is 5.19. The van der Waals surface area contributed by atoms with Gasteiger partial charge in [0.05, 0.1) is 13.2 Å². The number of carbonyl (C=O) groups is 1. The zero-order valence-electron chi connectivity index (χ0n) is 9.15. The maximum absolute atomic E-state index is 11.2. The molecule has 0 saturated carbocycles. The smallest absolute Gasteiger partial charge is 0.320 e. The van der Waals surface area contributed by atoms with Gasteiger partial charge in [0.2, 0.25) is 0 Å². The number of nitrogens with zero attached hydrogens (tertiary/aromatic N) is 1. The summed E-state index contributed by atoms with van der Waals surface area (Å²) < 4.78 is 4.64. The van der Waals surface area contributed by atoms with Crippen molar-refractivity contribution in [3.05, 3.63) is 0 Å². The number of aliphatic hydroxyl groups excluding tert-OH is 1. The number of carbonyl (C=O) groups excluding carboxylic acids is 1. The Hall–Kier alpha value is -0.130. The first-order valence-corrected chi connectivity index (χ1v) is 6.08. The summed E-state index contributed by atoms with van der Waals surface area (Å²) in [5.41, 5.74) is 0. The number of rotatable bonds is 3. The summed E-state index contributed by atoms with van der Waals surface area (Å²) in [6, 6.07) is 0. The van der Waals surface area contributed by atoms with Crippen LogP contribution in [0.25, 0.3) is 0 Å². The van der Waals surface area contributed by atoms with Crippen molar-refractivity contribution in [1.82, 2.24) is 4.90 Å². The minimum Gasteiger partial charge on any atom is -0.468 e. The number of likely N-dealkylation sites (tertiary alicyclic amines) is 1. The largest absolute Gasteiger partial charge is 0.468 e. The van der Waals surface area contributed by atoms with E-state index >= 15 is 0 Å². The molecule has 4 nitrogen and oxygen atoms in total. The zero-order chi connectivity index (χ0) is 11.4. The number of halogens is 1. The average molecular weight is 280 g/mol. The van der Waals surface area contributed by atoms with Crippen LogP contribution < -0.4 is 0 Å². The second kappa shape index (κ2) is 5.82. The Morgan fingerprint density at radius 2 is 2.40 bits per heavy atom. The standard InChI is InChI=1S/C10H18BrNO3/c1-7-5-12(4-3-9(7)13)6-8(11)10(14)15-2/h7-9,13H,3-6H2,1-2H3. The van der Waals surface area contributed by atoms with Gasteiger partial charge in [0, 0.05) is 19.6 Å². The van der Waals surface area contributed by atoms with Crippen molar-refractivity contribution in [3.63, 3.8) is 0 Å². The average Bonchev–Trinajstić information content (AvgIpc) is 2.22. The molecule has 1 aliphatic rings. The molecule has 88 valence electrons. The summed E-state index contributed by atoms with van der Waals surface area (Å²) in [5, 5.41) is 9.55. The summed E-state index contributed by atoms with van der Waals surface area (Å²) in [5.74, 6) is 0.0323. The first-order chi connectivity index (χ1) is 7.04. The van der Waals surface area contributed by atoms with E-state index in [9.17, 15) is 9.90 Å². The van der Waals surface area contributed by atoms with Crippen molar-refractivity contribution >= 4 is 21.9 Å². The van der Waals surface area contributed by atoms with Crippen LogP contribution in [0.1, 0.15) is 13.3 Å². The van der Waals surface area contributed by atoms with E-state index in [-0.39, 0.29) is 22.8 Å². The van der Waals surface area contributed by atoms with Gasteiger partial charge in [0.1, 0.15) is 4.83 Å². The van der Waals surface area contributed by atoms with Crippen molar-refractivity contribution in [1.29, 1.82) is 0 Å². The number of hydrogen-bond acceptors (Lipinski definition) is 4. The highest BCUT2D eigenvalue weighted by atomic mass is 79.9. The second-order valence-electron chi connectivity index (χ2n) is 4.08. The highest BCUT2D eigenvalue weighted by Gasteiger charge is 2.27. The number of alkyl halides is 1. The fourth-order valence-corrected chi connectivity index (χ4v) is 2.41. The van der Waals surface area contributed by atoms with Gasteiger partial charge in [-0.2, -0.15) is 0 Å². The van der Waals surface area contributed by atoms with Gasteiger partial charge in [0.25, 0.3) is 0 Å². The highest BCUT2D eigenvalue weighted by Crippen LogP contribution is 2.18. The van der Waals surface area contributed by atoms with Crippen molar-refractivity contribution in [3.8, 4) is 0 Å². The molecule has 0 aliphatic carbocycles. The number of ether oxygens (including phenoxy) is 1. The van der Waals surface area contributed by atoms with Crippen molar-refractivity contribution in [2.75, 3.05) is 26.7 Å². The minimum absolute atomic E-state index is 0.201. The van der Waals surface area contributed by atoms with Crippen LogP contribution in [0, 0.1) is 5.92 Å². The maximum atomic E-state index is 11.2. The lowest BCUT2D eigenvalue weighted by Crippen LogP contribution is -2.45. The van der Waals surface area contributed by atoms with E-state index in [0.29, 0.717) is 6.54 Å². The lowest BCUT2D eigenvalue weighted by Gasteiger charge is -2.34. The van der Waals surface area contributed by atoms with Crippen molar-refractivity contribution < 1.29 is 14.6 Å². The van der Waals surface area contributed by atoms with E-state index in [1.54, 1.807) is 0 Å². The molecular formula is C10H18BrNO3. The van der Waals surface area contributed by atoms with E-state index in [4.69, 9.17) is 0 Å². The zero-order valence-corrected chi connectivity index (χ0v) is 10.7. The Kier molecular flexibility index (Phi) is 5.02. The lowest BCUT2D eigenvalue weighted by atomic mass is 9.97. The molecule has 0 aromatic carbocycles. The SMILES string of the molecule is COC(=O)C(Br)CN1CCC(O)C(C)C1. The number of aliphatic hydroxyl groups is 1. The minimum atomic E-state index is -0.273. The monoisotopic (exact) mass is 279 g/mol. The molecule has 1 N–H and O–H groups in total. The van der Waals surface area contributed by atoms with Crippen LogP contribution >= 0.6 is 15.9 Å². The molecule has 0 aromatic rings. The van der Waals surface area contributed by atoms with Gasteiger partial charge >= 0.3 is 5.97 Å². The van der Waals surface area contributed by atoms with E-state index in [0.717, 1.165) is 19.5 Å². The number of piperidine rings is 1. The van der Waals surface area contributed by atoms with E-state index in [1.165, 1.54) is 7.11 Å². The molecular weight excluding hydrogens is 262 g/mol. The normalized spacial score (nSPS) is 29.9. The Morgan fingerprint density at radius 1 is 1.73 bits per heavy atom. The van der Waals surface area contributed by atoms with E-state index in [2.05, 4.69) is 25.6 Å². The molecule has 1 rings (SSSR count). The number of methoxy groups -OCH3 is 1. The molecule has 1 fully saturated rings. The molecule has 1 heterocycles. The topological polar surface area (TPSA) is 49.8 Å². The molecule has 0 spiro atoms.